The summed E-state index contributed by atoms with van der Waals surface area (Å²) in [5.74, 6) is 0.623. The van der Waals surface area contributed by atoms with Crippen LogP contribution in [-0.2, 0) is 11.2 Å². The normalized spacial score (nSPS) is 28.3. The molecule has 0 bridgehead atoms. The van der Waals surface area contributed by atoms with E-state index in [9.17, 15) is 5.11 Å². The quantitative estimate of drug-likeness (QED) is 0.870. The molecule has 1 N–H and O–H groups in total. The molecule has 1 fully saturated rings. The summed E-state index contributed by atoms with van der Waals surface area (Å²) < 4.78 is 5.79. The fraction of sp³-hybridized carbons (Fsp3) is 0.667. The first kappa shape index (κ1) is 15.5. The zero-order valence-electron chi connectivity index (χ0n) is 13.1. The second-order valence-electron chi connectivity index (χ2n) is 6.36. The maximum atomic E-state index is 10.8. The smallest absolute Gasteiger partial charge is 0.108 e. The standard InChI is InChI=1S/C18H28O2/c1-4-6-15-8-10-16(11-9-15)17(19)18(20-3)12-5-7-14(2)13-18/h8-11,14,17,19H,4-7,12-13H2,1-3H3. The highest BCUT2D eigenvalue weighted by molar-refractivity contribution is 5.26. The van der Waals surface area contributed by atoms with Crippen LogP contribution in [0.2, 0.25) is 0 Å². The lowest BCUT2D eigenvalue weighted by Crippen LogP contribution is -2.42. The van der Waals surface area contributed by atoms with Crippen molar-refractivity contribution in [2.24, 2.45) is 5.92 Å². The number of ether oxygens (including phenoxy) is 1. The fourth-order valence-corrected chi connectivity index (χ4v) is 3.55. The Morgan fingerprint density at radius 1 is 1.35 bits per heavy atom. The lowest BCUT2D eigenvalue weighted by Gasteiger charge is -2.42. The SMILES string of the molecule is CCCc1ccc(C(O)C2(OC)CCCC(C)C2)cc1. The number of methoxy groups -OCH3 is 1. The van der Waals surface area contributed by atoms with Crippen LogP contribution in [0.4, 0.5) is 0 Å². The van der Waals surface area contributed by atoms with Gasteiger partial charge in [-0.3, -0.25) is 0 Å². The average Bonchev–Trinajstić information content (AvgIpc) is 2.47. The highest BCUT2D eigenvalue weighted by atomic mass is 16.5. The molecule has 0 spiro atoms. The number of hydrogen-bond donors (Lipinski definition) is 1. The Morgan fingerprint density at radius 3 is 2.60 bits per heavy atom. The Balaban J connectivity index is 2.17. The number of aliphatic hydroxyl groups excluding tert-OH is 1. The monoisotopic (exact) mass is 276 g/mol. The second-order valence-corrected chi connectivity index (χ2v) is 6.36. The molecule has 1 aromatic carbocycles. The predicted molar refractivity (Wildman–Crippen MR) is 82.8 cm³/mol. The van der Waals surface area contributed by atoms with Gasteiger partial charge in [-0.2, -0.15) is 0 Å². The van der Waals surface area contributed by atoms with Crippen molar-refractivity contribution in [3.8, 4) is 0 Å². The first-order valence-electron chi connectivity index (χ1n) is 7.93. The molecule has 2 nitrogen and oxygen atoms in total. The number of benzene rings is 1. The third-order valence-corrected chi connectivity index (χ3v) is 4.73. The summed E-state index contributed by atoms with van der Waals surface area (Å²) in [4.78, 5) is 0. The van der Waals surface area contributed by atoms with E-state index < -0.39 is 11.7 Å². The predicted octanol–water partition coefficient (Wildman–Crippen LogP) is 4.27. The Kier molecular flexibility index (Phi) is 5.22. The molecule has 1 aliphatic carbocycles. The first-order chi connectivity index (χ1) is 9.61. The Morgan fingerprint density at radius 2 is 2.05 bits per heavy atom. The lowest BCUT2D eigenvalue weighted by atomic mass is 9.74. The van der Waals surface area contributed by atoms with Gasteiger partial charge in [0.25, 0.3) is 0 Å². The second kappa shape index (κ2) is 6.73. The number of rotatable bonds is 5. The summed E-state index contributed by atoms with van der Waals surface area (Å²) in [5, 5.41) is 10.8. The minimum absolute atomic E-state index is 0.399. The van der Waals surface area contributed by atoms with Gasteiger partial charge < -0.3 is 9.84 Å². The van der Waals surface area contributed by atoms with Gasteiger partial charge in [-0.25, -0.2) is 0 Å². The van der Waals surface area contributed by atoms with E-state index in [1.165, 1.54) is 12.0 Å². The number of aryl methyl sites for hydroxylation is 1. The largest absolute Gasteiger partial charge is 0.385 e. The molecular weight excluding hydrogens is 248 g/mol. The van der Waals surface area contributed by atoms with E-state index in [-0.39, 0.29) is 0 Å². The molecule has 1 aliphatic rings. The van der Waals surface area contributed by atoms with Crippen LogP contribution in [0.3, 0.4) is 0 Å². The van der Waals surface area contributed by atoms with Gasteiger partial charge in [-0.15, -0.1) is 0 Å². The molecule has 1 aromatic rings. The van der Waals surface area contributed by atoms with Crippen molar-refractivity contribution in [3.63, 3.8) is 0 Å². The third-order valence-electron chi connectivity index (χ3n) is 4.73. The molecule has 3 unspecified atom stereocenters. The molecule has 0 aromatic heterocycles. The van der Waals surface area contributed by atoms with Crippen molar-refractivity contribution < 1.29 is 9.84 Å². The molecule has 1 saturated carbocycles. The Labute approximate surface area is 123 Å². The van der Waals surface area contributed by atoms with Crippen LogP contribution in [0.5, 0.6) is 0 Å². The van der Waals surface area contributed by atoms with E-state index in [2.05, 4.69) is 38.1 Å². The molecule has 0 heterocycles. The highest BCUT2D eigenvalue weighted by Crippen LogP contribution is 2.43. The number of aliphatic hydroxyl groups is 1. The van der Waals surface area contributed by atoms with Gasteiger partial charge in [0.2, 0.25) is 0 Å². The van der Waals surface area contributed by atoms with Crippen molar-refractivity contribution in [2.75, 3.05) is 7.11 Å². The van der Waals surface area contributed by atoms with Crippen LogP contribution in [-0.4, -0.2) is 17.8 Å². The van der Waals surface area contributed by atoms with Crippen molar-refractivity contribution in [3.05, 3.63) is 35.4 Å². The van der Waals surface area contributed by atoms with Gasteiger partial charge in [-0.05, 0) is 36.3 Å². The van der Waals surface area contributed by atoms with Crippen LogP contribution in [0.25, 0.3) is 0 Å². The lowest BCUT2D eigenvalue weighted by molar-refractivity contribution is -0.134. The van der Waals surface area contributed by atoms with Crippen molar-refractivity contribution in [1.82, 2.24) is 0 Å². The van der Waals surface area contributed by atoms with Gasteiger partial charge in [0.1, 0.15) is 6.10 Å². The van der Waals surface area contributed by atoms with Crippen LogP contribution in [0.1, 0.15) is 63.2 Å². The molecule has 112 valence electrons. The summed E-state index contributed by atoms with van der Waals surface area (Å²) in [5.41, 5.74) is 1.93. The molecule has 2 rings (SSSR count). The third kappa shape index (κ3) is 3.24. The maximum absolute atomic E-state index is 10.8. The zero-order valence-corrected chi connectivity index (χ0v) is 13.1. The average molecular weight is 276 g/mol. The van der Waals surface area contributed by atoms with Crippen molar-refractivity contribution in [2.45, 2.75) is 64.1 Å². The van der Waals surface area contributed by atoms with Gasteiger partial charge >= 0.3 is 0 Å². The molecule has 0 amide bonds. The topological polar surface area (TPSA) is 29.5 Å². The highest BCUT2D eigenvalue weighted by Gasteiger charge is 2.42. The van der Waals surface area contributed by atoms with Crippen LogP contribution in [0, 0.1) is 5.92 Å². The Bertz CT molecular complexity index is 412. The number of hydrogen-bond acceptors (Lipinski definition) is 2. The van der Waals surface area contributed by atoms with Crippen LogP contribution >= 0.6 is 0 Å². The minimum atomic E-state index is -0.522. The van der Waals surface area contributed by atoms with Gasteiger partial charge in [0.15, 0.2) is 0 Å². The van der Waals surface area contributed by atoms with Gasteiger partial charge in [-0.1, -0.05) is 57.4 Å². The van der Waals surface area contributed by atoms with E-state index in [4.69, 9.17) is 4.74 Å². The van der Waals surface area contributed by atoms with Crippen LogP contribution in [0.15, 0.2) is 24.3 Å². The van der Waals surface area contributed by atoms with E-state index in [1.807, 2.05) is 0 Å². The van der Waals surface area contributed by atoms with Crippen molar-refractivity contribution in [1.29, 1.82) is 0 Å². The summed E-state index contributed by atoms with van der Waals surface area (Å²) >= 11 is 0. The van der Waals surface area contributed by atoms with E-state index in [1.54, 1.807) is 7.11 Å². The van der Waals surface area contributed by atoms with E-state index in [0.29, 0.717) is 5.92 Å². The molecule has 0 saturated heterocycles. The molecule has 20 heavy (non-hydrogen) atoms. The molecular formula is C18H28O2. The summed E-state index contributed by atoms with van der Waals surface area (Å²) in [6, 6.07) is 8.40. The van der Waals surface area contributed by atoms with E-state index >= 15 is 0 Å². The van der Waals surface area contributed by atoms with Gasteiger partial charge in [0.05, 0.1) is 5.60 Å². The van der Waals surface area contributed by atoms with Crippen molar-refractivity contribution >= 4 is 0 Å². The fourth-order valence-electron chi connectivity index (χ4n) is 3.55. The summed E-state index contributed by atoms with van der Waals surface area (Å²) in [6.45, 7) is 4.44. The van der Waals surface area contributed by atoms with E-state index in [0.717, 1.165) is 37.7 Å². The maximum Gasteiger partial charge on any atom is 0.108 e. The summed E-state index contributed by atoms with van der Waals surface area (Å²) in [6.07, 6.45) is 6.01. The molecule has 0 radical (unpaired) electrons. The van der Waals surface area contributed by atoms with Gasteiger partial charge in [0, 0.05) is 7.11 Å². The first-order valence-corrected chi connectivity index (χ1v) is 7.93. The molecule has 0 aliphatic heterocycles. The molecule has 2 heteroatoms. The Hall–Kier alpha value is -0.860. The zero-order chi connectivity index (χ0) is 14.6. The van der Waals surface area contributed by atoms with Crippen LogP contribution < -0.4 is 0 Å². The summed E-state index contributed by atoms with van der Waals surface area (Å²) in [7, 11) is 1.74. The minimum Gasteiger partial charge on any atom is -0.385 e. The molecule has 3 atom stereocenters.